The van der Waals surface area contributed by atoms with Gasteiger partial charge in [-0.2, -0.15) is 4.98 Å². The van der Waals surface area contributed by atoms with Crippen molar-refractivity contribution in [3.8, 4) is 6.08 Å². The van der Waals surface area contributed by atoms with E-state index in [4.69, 9.17) is 9.15 Å². The highest BCUT2D eigenvalue weighted by atomic mass is 16.6. The van der Waals surface area contributed by atoms with Gasteiger partial charge in [0.1, 0.15) is 5.39 Å². The first-order valence-electron chi connectivity index (χ1n) is 4.98. The molecule has 1 heterocycles. The maximum absolute atomic E-state index is 11.8. The second kappa shape index (κ2) is 4.74. The molecule has 0 radical (unpaired) electrons. The lowest BCUT2D eigenvalue weighted by Crippen LogP contribution is -2.14. The molecule has 2 rings (SSSR count). The minimum atomic E-state index is -0.683. The highest BCUT2D eigenvalue weighted by molar-refractivity contribution is 5.97. The van der Waals surface area contributed by atoms with Gasteiger partial charge < -0.3 is 13.9 Å². The van der Waals surface area contributed by atoms with Gasteiger partial charge in [0, 0.05) is 0 Å². The largest absolute Gasteiger partial charge is 0.453 e. The standard InChI is InChI=1S/C11H10N2O5/c1-16-10(15)12-6-4-3-5-7-8(6)9(14)18-11(13-7)17-2/h3-5H,1-2H3,(H,12,15). The smallest absolute Gasteiger partial charge is 0.411 e. The molecule has 7 heteroatoms. The van der Waals surface area contributed by atoms with Crippen LogP contribution in [0, 0.1) is 0 Å². The average Bonchev–Trinajstić information content (AvgIpc) is 2.38. The number of anilines is 1. The van der Waals surface area contributed by atoms with Gasteiger partial charge in [0.05, 0.1) is 25.4 Å². The van der Waals surface area contributed by atoms with Crippen LogP contribution in [0.3, 0.4) is 0 Å². The van der Waals surface area contributed by atoms with Crippen molar-refractivity contribution in [1.82, 2.24) is 4.98 Å². The summed E-state index contributed by atoms with van der Waals surface area (Å²) in [5.41, 5.74) is -0.0240. The van der Waals surface area contributed by atoms with E-state index < -0.39 is 11.7 Å². The predicted octanol–water partition coefficient (Wildman–Crippen LogP) is 1.37. The molecule has 1 aromatic heterocycles. The maximum Gasteiger partial charge on any atom is 0.411 e. The van der Waals surface area contributed by atoms with E-state index in [1.165, 1.54) is 14.2 Å². The summed E-state index contributed by atoms with van der Waals surface area (Å²) < 4.78 is 14.0. The summed E-state index contributed by atoms with van der Waals surface area (Å²) in [7, 11) is 2.57. The van der Waals surface area contributed by atoms with Crippen LogP contribution in [0.4, 0.5) is 10.5 Å². The molecule has 18 heavy (non-hydrogen) atoms. The van der Waals surface area contributed by atoms with Gasteiger partial charge in [-0.1, -0.05) is 6.07 Å². The van der Waals surface area contributed by atoms with Crippen molar-refractivity contribution in [2.45, 2.75) is 0 Å². The lowest BCUT2D eigenvalue weighted by molar-refractivity contribution is 0.187. The molecule has 0 fully saturated rings. The molecule has 1 N–H and O–H groups in total. The third-order valence-electron chi connectivity index (χ3n) is 2.24. The van der Waals surface area contributed by atoms with Gasteiger partial charge in [0.2, 0.25) is 0 Å². The van der Waals surface area contributed by atoms with Crippen LogP contribution in [0.5, 0.6) is 6.08 Å². The zero-order chi connectivity index (χ0) is 13.1. The summed E-state index contributed by atoms with van der Waals surface area (Å²) in [6, 6.07) is 4.79. The van der Waals surface area contributed by atoms with Crippen molar-refractivity contribution in [3.05, 3.63) is 28.6 Å². The molecule has 0 spiro atoms. The van der Waals surface area contributed by atoms with Crippen LogP contribution in [-0.2, 0) is 4.74 Å². The molecule has 0 saturated heterocycles. The average molecular weight is 250 g/mol. The molecular weight excluding hydrogens is 240 g/mol. The number of carbonyl (C=O) groups is 1. The number of carbonyl (C=O) groups excluding carboxylic acids is 1. The Kier molecular flexibility index (Phi) is 3.13. The molecule has 0 unspecified atom stereocenters. The van der Waals surface area contributed by atoms with Crippen molar-refractivity contribution < 1.29 is 18.7 Å². The molecule has 0 atom stereocenters. The summed E-state index contributed by atoms with van der Waals surface area (Å²) in [6.07, 6.45) is -0.819. The number of amides is 1. The van der Waals surface area contributed by atoms with Crippen LogP contribution < -0.4 is 15.7 Å². The van der Waals surface area contributed by atoms with Gasteiger partial charge in [-0.15, -0.1) is 0 Å². The number of rotatable bonds is 2. The lowest BCUT2D eigenvalue weighted by atomic mass is 10.2. The molecular formula is C11H10N2O5. The Hall–Kier alpha value is -2.57. The Morgan fingerprint density at radius 3 is 2.83 bits per heavy atom. The van der Waals surface area contributed by atoms with Crippen LogP contribution in [0.15, 0.2) is 27.4 Å². The molecule has 1 amide bonds. The second-order valence-corrected chi connectivity index (χ2v) is 3.29. The number of nitrogens with one attached hydrogen (secondary N) is 1. The quantitative estimate of drug-likeness (QED) is 0.865. The van der Waals surface area contributed by atoms with Gasteiger partial charge in [-0.3, -0.25) is 5.32 Å². The minimum Gasteiger partial charge on any atom is -0.453 e. The second-order valence-electron chi connectivity index (χ2n) is 3.29. The maximum atomic E-state index is 11.8. The molecule has 0 saturated carbocycles. The lowest BCUT2D eigenvalue weighted by Gasteiger charge is -2.06. The van der Waals surface area contributed by atoms with Crippen molar-refractivity contribution in [3.63, 3.8) is 0 Å². The van der Waals surface area contributed by atoms with Gasteiger partial charge in [-0.25, -0.2) is 9.59 Å². The van der Waals surface area contributed by atoms with Crippen LogP contribution >= 0.6 is 0 Å². The number of aromatic nitrogens is 1. The Balaban J connectivity index is 2.62. The van der Waals surface area contributed by atoms with E-state index in [1.807, 2.05) is 0 Å². The van der Waals surface area contributed by atoms with E-state index in [0.29, 0.717) is 5.52 Å². The van der Waals surface area contributed by atoms with Gasteiger partial charge in [0.25, 0.3) is 0 Å². The fraction of sp³-hybridized carbons (Fsp3) is 0.182. The molecule has 1 aromatic carbocycles. The highest BCUT2D eigenvalue weighted by Crippen LogP contribution is 2.20. The van der Waals surface area contributed by atoms with Gasteiger partial charge >= 0.3 is 17.8 Å². The van der Waals surface area contributed by atoms with E-state index in [-0.39, 0.29) is 17.2 Å². The number of nitrogens with zero attached hydrogens (tertiary/aromatic N) is 1. The van der Waals surface area contributed by atoms with Crippen LogP contribution in [-0.4, -0.2) is 25.3 Å². The first-order chi connectivity index (χ1) is 8.65. The third-order valence-corrected chi connectivity index (χ3v) is 2.24. The summed E-state index contributed by atoms with van der Waals surface area (Å²) in [6.45, 7) is 0. The Bertz CT molecular complexity index is 649. The summed E-state index contributed by atoms with van der Waals surface area (Å²) in [5.74, 6) is 0. The van der Waals surface area contributed by atoms with E-state index in [9.17, 15) is 9.59 Å². The third kappa shape index (κ3) is 2.10. The molecule has 0 aliphatic heterocycles. The van der Waals surface area contributed by atoms with Crippen LogP contribution in [0.2, 0.25) is 0 Å². The van der Waals surface area contributed by atoms with Gasteiger partial charge in [0.15, 0.2) is 0 Å². The number of methoxy groups -OCH3 is 2. The molecule has 0 aliphatic rings. The predicted molar refractivity (Wildman–Crippen MR) is 62.9 cm³/mol. The van der Waals surface area contributed by atoms with Crippen molar-refractivity contribution in [2.75, 3.05) is 19.5 Å². The van der Waals surface area contributed by atoms with E-state index in [2.05, 4.69) is 15.0 Å². The van der Waals surface area contributed by atoms with Crippen molar-refractivity contribution >= 4 is 22.7 Å². The van der Waals surface area contributed by atoms with Crippen molar-refractivity contribution in [2.24, 2.45) is 0 Å². The normalized spacial score (nSPS) is 10.1. The number of ether oxygens (including phenoxy) is 2. The molecule has 0 aliphatic carbocycles. The first kappa shape index (κ1) is 11.9. The highest BCUT2D eigenvalue weighted by Gasteiger charge is 2.12. The fourth-order valence-corrected chi connectivity index (χ4v) is 1.45. The Labute approximate surface area is 101 Å². The van der Waals surface area contributed by atoms with E-state index in [0.717, 1.165) is 0 Å². The summed E-state index contributed by atoms with van der Waals surface area (Å²) in [4.78, 5) is 26.9. The molecule has 0 bridgehead atoms. The zero-order valence-corrected chi connectivity index (χ0v) is 9.72. The SMILES string of the molecule is COC(=O)Nc1cccc2nc(OC)oc(=O)c12. The minimum absolute atomic E-state index is 0.136. The molecule has 7 nitrogen and oxygen atoms in total. The summed E-state index contributed by atoms with van der Waals surface area (Å²) >= 11 is 0. The van der Waals surface area contributed by atoms with Gasteiger partial charge in [-0.05, 0) is 12.1 Å². The van der Waals surface area contributed by atoms with E-state index >= 15 is 0 Å². The van der Waals surface area contributed by atoms with E-state index in [1.54, 1.807) is 18.2 Å². The van der Waals surface area contributed by atoms with Crippen molar-refractivity contribution in [1.29, 1.82) is 0 Å². The first-order valence-corrected chi connectivity index (χ1v) is 4.98. The number of fused-ring (bicyclic) bond motifs is 1. The monoisotopic (exact) mass is 250 g/mol. The Morgan fingerprint density at radius 1 is 1.39 bits per heavy atom. The Morgan fingerprint density at radius 2 is 2.17 bits per heavy atom. The fourth-order valence-electron chi connectivity index (χ4n) is 1.45. The number of benzene rings is 1. The zero-order valence-electron chi connectivity index (χ0n) is 9.72. The van der Waals surface area contributed by atoms with Crippen LogP contribution in [0.25, 0.3) is 10.9 Å². The summed E-state index contributed by atoms with van der Waals surface area (Å²) in [5, 5.41) is 2.57. The molecule has 94 valence electrons. The molecule has 2 aromatic rings. The van der Waals surface area contributed by atoms with Crippen LogP contribution in [0.1, 0.15) is 0 Å². The topological polar surface area (TPSA) is 90.7 Å². The number of hydrogen-bond acceptors (Lipinski definition) is 6. The number of hydrogen-bond donors (Lipinski definition) is 1.